The van der Waals surface area contributed by atoms with E-state index in [9.17, 15) is 0 Å². The van der Waals surface area contributed by atoms with Gasteiger partial charge in [0.25, 0.3) is 0 Å². The van der Waals surface area contributed by atoms with Gasteiger partial charge in [0.15, 0.2) is 0 Å². The lowest BCUT2D eigenvalue weighted by Gasteiger charge is -2.18. The Balaban J connectivity index is 3.25. The van der Waals surface area contributed by atoms with Crippen LogP contribution in [-0.2, 0) is 4.74 Å². The van der Waals surface area contributed by atoms with Gasteiger partial charge in [-0.05, 0) is 38.1 Å². The molecule has 15 heavy (non-hydrogen) atoms. The monoisotopic (exact) mass is 215 g/mol. The Morgan fingerprint density at radius 1 is 1.20 bits per heavy atom. The van der Waals surface area contributed by atoms with Crippen LogP contribution in [-0.4, -0.2) is 26.3 Å². The van der Waals surface area contributed by atoms with Crippen LogP contribution in [0.4, 0.5) is 0 Å². The number of nitrogens with one attached hydrogen (secondary N) is 1. The molecule has 0 aliphatic rings. The third-order valence-electron chi connectivity index (χ3n) is 2.74. The molecule has 2 heteroatoms. The number of ether oxygens (including phenoxy) is 1. The molecule has 0 spiro atoms. The molecule has 0 saturated heterocycles. The quantitative estimate of drug-likeness (QED) is 0.628. The lowest BCUT2D eigenvalue weighted by atomic mass is 9.93. The van der Waals surface area contributed by atoms with Crippen LogP contribution in [0.5, 0.6) is 0 Å². The number of hydrogen-bond donors (Lipinski definition) is 1. The van der Waals surface area contributed by atoms with E-state index >= 15 is 0 Å². The second-order valence-electron chi connectivity index (χ2n) is 5.46. The average molecular weight is 215 g/mol. The minimum Gasteiger partial charge on any atom is -0.381 e. The maximum atomic E-state index is 5.62. The zero-order chi connectivity index (χ0) is 11.7. The van der Waals surface area contributed by atoms with E-state index in [2.05, 4.69) is 33.0 Å². The SMILES string of the molecule is CCC(CCCOCCC(C)(C)C)NC. The summed E-state index contributed by atoms with van der Waals surface area (Å²) in [4.78, 5) is 0. The third kappa shape index (κ3) is 10.2. The third-order valence-corrected chi connectivity index (χ3v) is 2.74. The molecule has 0 aromatic carbocycles. The van der Waals surface area contributed by atoms with Crippen molar-refractivity contribution in [2.75, 3.05) is 20.3 Å². The average Bonchev–Trinajstić information content (AvgIpc) is 2.15. The topological polar surface area (TPSA) is 21.3 Å². The molecule has 1 unspecified atom stereocenters. The van der Waals surface area contributed by atoms with Gasteiger partial charge in [-0.25, -0.2) is 0 Å². The lowest BCUT2D eigenvalue weighted by molar-refractivity contribution is 0.103. The zero-order valence-corrected chi connectivity index (χ0v) is 11.2. The molecule has 0 aromatic heterocycles. The fourth-order valence-corrected chi connectivity index (χ4v) is 1.46. The van der Waals surface area contributed by atoms with Crippen molar-refractivity contribution in [3.63, 3.8) is 0 Å². The van der Waals surface area contributed by atoms with Crippen molar-refractivity contribution in [1.29, 1.82) is 0 Å². The van der Waals surface area contributed by atoms with Crippen molar-refractivity contribution >= 4 is 0 Å². The normalized spacial score (nSPS) is 14.2. The van der Waals surface area contributed by atoms with Gasteiger partial charge in [-0.3, -0.25) is 0 Å². The van der Waals surface area contributed by atoms with Crippen molar-refractivity contribution in [1.82, 2.24) is 5.32 Å². The van der Waals surface area contributed by atoms with Gasteiger partial charge in [0.05, 0.1) is 0 Å². The molecule has 92 valence electrons. The highest BCUT2D eigenvalue weighted by molar-refractivity contribution is 4.62. The Hall–Kier alpha value is -0.0800. The zero-order valence-electron chi connectivity index (χ0n) is 11.2. The minimum absolute atomic E-state index is 0.400. The van der Waals surface area contributed by atoms with Crippen molar-refractivity contribution in [2.24, 2.45) is 5.41 Å². The molecule has 0 radical (unpaired) electrons. The highest BCUT2D eigenvalue weighted by Gasteiger charge is 2.09. The van der Waals surface area contributed by atoms with Gasteiger partial charge in [0, 0.05) is 19.3 Å². The summed E-state index contributed by atoms with van der Waals surface area (Å²) in [6.07, 6.45) is 4.75. The predicted octanol–water partition coefficient (Wildman–Crippen LogP) is 3.22. The molecule has 0 fully saturated rings. The molecule has 0 aliphatic carbocycles. The molecular formula is C13H29NO. The molecule has 0 bridgehead atoms. The van der Waals surface area contributed by atoms with Crippen LogP contribution in [0, 0.1) is 5.41 Å². The number of rotatable bonds is 8. The Labute approximate surface area is 95.8 Å². The van der Waals surface area contributed by atoms with Crippen molar-refractivity contribution in [3.05, 3.63) is 0 Å². The van der Waals surface area contributed by atoms with Crippen LogP contribution >= 0.6 is 0 Å². The van der Waals surface area contributed by atoms with E-state index < -0.39 is 0 Å². The standard InChI is InChI=1S/C13H29NO/c1-6-12(14-5)8-7-10-15-11-9-13(2,3)4/h12,14H,6-11H2,1-5H3. The second-order valence-corrected chi connectivity index (χ2v) is 5.46. The lowest BCUT2D eigenvalue weighted by Crippen LogP contribution is -2.24. The molecule has 2 nitrogen and oxygen atoms in total. The maximum Gasteiger partial charge on any atom is 0.0471 e. The summed E-state index contributed by atoms with van der Waals surface area (Å²) in [6.45, 7) is 10.8. The maximum absolute atomic E-state index is 5.62. The Morgan fingerprint density at radius 2 is 1.87 bits per heavy atom. The first-order chi connectivity index (χ1) is 6.99. The second kappa shape index (κ2) is 8.12. The van der Waals surface area contributed by atoms with Crippen LogP contribution in [0.2, 0.25) is 0 Å². The summed E-state index contributed by atoms with van der Waals surface area (Å²) in [6, 6.07) is 0.663. The molecule has 0 rings (SSSR count). The van der Waals surface area contributed by atoms with E-state index in [-0.39, 0.29) is 0 Å². The molecule has 0 aliphatic heterocycles. The van der Waals surface area contributed by atoms with E-state index in [0.29, 0.717) is 11.5 Å². The molecule has 0 aromatic rings. The highest BCUT2D eigenvalue weighted by atomic mass is 16.5. The van der Waals surface area contributed by atoms with Crippen LogP contribution in [0.15, 0.2) is 0 Å². The van der Waals surface area contributed by atoms with E-state index in [1.165, 1.54) is 19.3 Å². The van der Waals surface area contributed by atoms with E-state index in [1.54, 1.807) is 0 Å². The van der Waals surface area contributed by atoms with Crippen molar-refractivity contribution in [3.8, 4) is 0 Å². The molecule has 1 atom stereocenters. The van der Waals surface area contributed by atoms with Crippen LogP contribution in [0.3, 0.4) is 0 Å². The summed E-state index contributed by atoms with van der Waals surface area (Å²) >= 11 is 0. The largest absolute Gasteiger partial charge is 0.381 e. The fraction of sp³-hybridized carbons (Fsp3) is 1.00. The first-order valence-electron chi connectivity index (χ1n) is 6.24. The van der Waals surface area contributed by atoms with Gasteiger partial charge >= 0.3 is 0 Å². The fourth-order valence-electron chi connectivity index (χ4n) is 1.46. The number of hydrogen-bond acceptors (Lipinski definition) is 2. The summed E-state index contributed by atoms with van der Waals surface area (Å²) in [7, 11) is 2.04. The smallest absolute Gasteiger partial charge is 0.0471 e. The molecular weight excluding hydrogens is 186 g/mol. The van der Waals surface area contributed by atoms with Crippen LogP contribution < -0.4 is 5.32 Å². The Bertz CT molecular complexity index is 136. The highest BCUT2D eigenvalue weighted by Crippen LogP contribution is 2.17. The van der Waals surface area contributed by atoms with Crippen LogP contribution in [0.25, 0.3) is 0 Å². The Kier molecular flexibility index (Phi) is 8.07. The van der Waals surface area contributed by atoms with Crippen molar-refractivity contribution < 1.29 is 4.74 Å². The van der Waals surface area contributed by atoms with Gasteiger partial charge < -0.3 is 10.1 Å². The summed E-state index contributed by atoms with van der Waals surface area (Å²) in [5, 5.41) is 3.31. The summed E-state index contributed by atoms with van der Waals surface area (Å²) < 4.78 is 5.62. The Morgan fingerprint density at radius 3 is 2.33 bits per heavy atom. The predicted molar refractivity (Wildman–Crippen MR) is 67.3 cm³/mol. The minimum atomic E-state index is 0.400. The summed E-state index contributed by atoms with van der Waals surface area (Å²) in [5.41, 5.74) is 0.400. The van der Waals surface area contributed by atoms with Gasteiger partial charge in [0.1, 0.15) is 0 Å². The molecule has 0 saturated carbocycles. The first kappa shape index (κ1) is 14.9. The van der Waals surface area contributed by atoms with Gasteiger partial charge in [0.2, 0.25) is 0 Å². The van der Waals surface area contributed by atoms with Gasteiger partial charge in [-0.1, -0.05) is 27.7 Å². The van der Waals surface area contributed by atoms with E-state index in [1.807, 2.05) is 7.05 Å². The molecule has 0 amide bonds. The van der Waals surface area contributed by atoms with E-state index in [0.717, 1.165) is 19.6 Å². The van der Waals surface area contributed by atoms with Crippen LogP contribution in [0.1, 0.15) is 53.4 Å². The first-order valence-corrected chi connectivity index (χ1v) is 6.24. The van der Waals surface area contributed by atoms with E-state index in [4.69, 9.17) is 4.74 Å². The van der Waals surface area contributed by atoms with Crippen molar-refractivity contribution in [2.45, 2.75) is 59.4 Å². The van der Waals surface area contributed by atoms with Gasteiger partial charge in [-0.2, -0.15) is 0 Å². The molecule has 0 heterocycles. The van der Waals surface area contributed by atoms with Gasteiger partial charge in [-0.15, -0.1) is 0 Å². The summed E-state index contributed by atoms with van der Waals surface area (Å²) in [5.74, 6) is 0. The molecule has 1 N–H and O–H groups in total.